The van der Waals surface area contributed by atoms with Gasteiger partial charge in [-0.3, -0.25) is 4.79 Å². The Balaban J connectivity index is 1.68. The molecule has 23 heavy (non-hydrogen) atoms. The molecule has 0 aliphatic carbocycles. The summed E-state index contributed by atoms with van der Waals surface area (Å²) in [5, 5.41) is 5.27. The van der Waals surface area contributed by atoms with E-state index < -0.39 is 0 Å². The van der Waals surface area contributed by atoms with Crippen LogP contribution in [0, 0.1) is 0 Å². The minimum Gasteiger partial charge on any atom is -0.273 e. The number of amides is 1. The third-order valence-corrected chi connectivity index (χ3v) is 3.61. The molecule has 4 nitrogen and oxygen atoms in total. The summed E-state index contributed by atoms with van der Waals surface area (Å²) < 4.78 is 0. The second-order valence-corrected chi connectivity index (χ2v) is 5.37. The van der Waals surface area contributed by atoms with Crippen molar-refractivity contribution in [3.8, 4) is 0 Å². The van der Waals surface area contributed by atoms with Gasteiger partial charge in [-0.2, -0.15) is 5.10 Å². The topological polar surface area (TPSA) is 54.4 Å². The van der Waals surface area contributed by atoms with E-state index in [0.29, 0.717) is 10.7 Å². The molecule has 0 radical (unpaired) electrons. The van der Waals surface area contributed by atoms with Gasteiger partial charge in [-0.15, -0.1) is 0 Å². The minimum atomic E-state index is -0.183. The molecular formula is C18H14ClN3O. The predicted molar refractivity (Wildman–Crippen MR) is 92.6 cm³/mol. The molecule has 114 valence electrons. The Morgan fingerprint density at radius 2 is 1.87 bits per heavy atom. The van der Waals surface area contributed by atoms with Gasteiger partial charge in [0.05, 0.1) is 18.2 Å². The lowest BCUT2D eigenvalue weighted by molar-refractivity contribution is -0.120. The molecular weight excluding hydrogens is 310 g/mol. The van der Waals surface area contributed by atoms with E-state index in [1.54, 1.807) is 0 Å². The molecule has 0 aliphatic heterocycles. The summed E-state index contributed by atoms with van der Waals surface area (Å²) >= 11 is 6.13. The number of nitrogens with one attached hydrogen (secondary N) is 1. The zero-order valence-corrected chi connectivity index (χ0v) is 13.0. The van der Waals surface area contributed by atoms with Crippen LogP contribution in [0.25, 0.3) is 10.9 Å². The number of carbonyl (C=O) groups excluding carboxylic acids is 1. The molecule has 0 saturated heterocycles. The van der Waals surface area contributed by atoms with E-state index in [1.165, 1.54) is 6.21 Å². The van der Waals surface area contributed by atoms with E-state index in [9.17, 15) is 4.79 Å². The fraction of sp³-hybridized carbons (Fsp3) is 0.0556. The van der Waals surface area contributed by atoms with Crippen molar-refractivity contribution in [2.45, 2.75) is 6.42 Å². The van der Waals surface area contributed by atoms with E-state index in [-0.39, 0.29) is 12.3 Å². The molecule has 0 atom stereocenters. The molecule has 1 heterocycles. The molecule has 3 rings (SSSR count). The van der Waals surface area contributed by atoms with E-state index in [4.69, 9.17) is 11.6 Å². The van der Waals surface area contributed by atoms with Crippen molar-refractivity contribution in [1.29, 1.82) is 0 Å². The van der Waals surface area contributed by atoms with E-state index in [1.807, 2.05) is 60.7 Å². The van der Waals surface area contributed by atoms with Gasteiger partial charge >= 0.3 is 0 Å². The highest BCUT2D eigenvalue weighted by Crippen LogP contribution is 2.18. The van der Waals surface area contributed by atoms with Crippen LogP contribution < -0.4 is 5.43 Å². The average Bonchev–Trinajstić information content (AvgIpc) is 2.56. The van der Waals surface area contributed by atoms with Gasteiger partial charge in [-0.05, 0) is 17.7 Å². The quantitative estimate of drug-likeness (QED) is 0.453. The summed E-state index contributed by atoms with van der Waals surface area (Å²) in [6, 6.07) is 19.1. The van der Waals surface area contributed by atoms with Crippen molar-refractivity contribution in [3.63, 3.8) is 0 Å². The Kier molecular flexibility index (Phi) is 4.64. The number of pyridine rings is 1. The van der Waals surface area contributed by atoms with Crippen LogP contribution in [-0.4, -0.2) is 17.1 Å². The van der Waals surface area contributed by atoms with Crippen LogP contribution in [0.5, 0.6) is 0 Å². The molecule has 0 fully saturated rings. The zero-order valence-electron chi connectivity index (χ0n) is 12.2. The van der Waals surface area contributed by atoms with Gasteiger partial charge in [0.25, 0.3) is 0 Å². The molecule has 1 N–H and O–H groups in total. The molecule has 1 aromatic heterocycles. The lowest BCUT2D eigenvalue weighted by Crippen LogP contribution is -2.19. The molecule has 0 unspecified atom stereocenters. The largest absolute Gasteiger partial charge is 0.273 e. The molecule has 0 bridgehead atoms. The number of rotatable bonds is 4. The van der Waals surface area contributed by atoms with Crippen molar-refractivity contribution in [2.75, 3.05) is 0 Å². The highest BCUT2D eigenvalue weighted by molar-refractivity contribution is 6.32. The number of para-hydroxylation sites is 1. The van der Waals surface area contributed by atoms with Gasteiger partial charge in [0.1, 0.15) is 5.15 Å². The van der Waals surface area contributed by atoms with Crippen LogP contribution in [0.3, 0.4) is 0 Å². The van der Waals surface area contributed by atoms with Crippen LogP contribution in [0.15, 0.2) is 65.8 Å². The number of carbonyl (C=O) groups is 1. The highest BCUT2D eigenvalue weighted by Gasteiger charge is 2.04. The Labute approximate surface area is 138 Å². The van der Waals surface area contributed by atoms with Crippen molar-refractivity contribution >= 4 is 34.6 Å². The van der Waals surface area contributed by atoms with Gasteiger partial charge < -0.3 is 0 Å². The first-order valence-corrected chi connectivity index (χ1v) is 7.51. The first-order valence-electron chi connectivity index (χ1n) is 7.13. The first-order chi connectivity index (χ1) is 11.2. The molecule has 0 saturated carbocycles. The van der Waals surface area contributed by atoms with Gasteiger partial charge in [0.15, 0.2) is 0 Å². The van der Waals surface area contributed by atoms with Crippen molar-refractivity contribution < 1.29 is 4.79 Å². The second kappa shape index (κ2) is 7.03. The van der Waals surface area contributed by atoms with Crippen LogP contribution >= 0.6 is 11.6 Å². The number of halogens is 1. The summed E-state index contributed by atoms with van der Waals surface area (Å²) in [5.41, 5.74) is 4.91. The summed E-state index contributed by atoms with van der Waals surface area (Å²) in [5.74, 6) is -0.183. The minimum absolute atomic E-state index is 0.183. The number of nitrogens with zero attached hydrogens (tertiary/aromatic N) is 2. The van der Waals surface area contributed by atoms with Crippen LogP contribution in [0.1, 0.15) is 11.1 Å². The lowest BCUT2D eigenvalue weighted by Gasteiger charge is -2.02. The van der Waals surface area contributed by atoms with E-state index in [0.717, 1.165) is 16.5 Å². The van der Waals surface area contributed by atoms with Crippen molar-refractivity contribution in [1.82, 2.24) is 10.4 Å². The summed E-state index contributed by atoms with van der Waals surface area (Å²) in [7, 11) is 0. The maximum absolute atomic E-state index is 11.8. The van der Waals surface area contributed by atoms with E-state index >= 15 is 0 Å². The van der Waals surface area contributed by atoms with Crippen molar-refractivity contribution in [2.24, 2.45) is 5.10 Å². The summed E-state index contributed by atoms with van der Waals surface area (Å²) in [6.45, 7) is 0. The van der Waals surface area contributed by atoms with Crippen LogP contribution in [0.4, 0.5) is 0 Å². The fourth-order valence-corrected chi connectivity index (χ4v) is 2.39. The number of hydrazone groups is 1. The second-order valence-electron chi connectivity index (χ2n) is 5.02. The normalized spacial score (nSPS) is 11.0. The van der Waals surface area contributed by atoms with Crippen LogP contribution in [-0.2, 0) is 11.2 Å². The zero-order chi connectivity index (χ0) is 16.1. The maximum Gasteiger partial charge on any atom is 0.244 e. The summed E-state index contributed by atoms with van der Waals surface area (Å²) in [4.78, 5) is 16.1. The third kappa shape index (κ3) is 3.93. The maximum atomic E-state index is 11.8. The molecule has 5 heteroatoms. The number of aromatic nitrogens is 1. The Hall–Kier alpha value is -2.72. The SMILES string of the molecule is O=C(Cc1ccccc1)N/N=C/c1cc2ccccc2nc1Cl. The molecule has 2 aromatic carbocycles. The average molecular weight is 324 g/mol. The smallest absolute Gasteiger partial charge is 0.244 e. The highest BCUT2D eigenvalue weighted by atomic mass is 35.5. The fourth-order valence-electron chi connectivity index (χ4n) is 2.19. The standard InChI is InChI=1S/C18H14ClN3O/c19-18-15(11-14-8-4-5-9-16(14)21-18)12-20-22-17(23)10-13-6-2-1-3-7-13/h1-9,11-12H,10H2,(H,22,23)/b20-12+. The third-order valence-electron chi connectivity index (χ3n) is 3.30. The lowest BCUT2D eigenvalue weighted by atomic mass is 10.1. The number of hydrogen-bond acceptors (Lipinski definition) is 3. The van der Waals surface area contributed by atoms with Gasteiger partial charge in [-0.25, -0.2) is 10.4 Å². The first kappa shape index (κ1) is 15.2. The van der Waals surface area contributed by atoms with Gasteiger partial charge in [-0.1, -0.05) is 60.1 Å². The van der Waals surface area contributed by atoms with E-state index in [2.05, 4.69) is 15.5 Å². The number of fused-ring (bicyclic) bond motifs is 1. The Bertz CT molecular complexity index is 863. The number of hydrogen-bond donors (Lipinski definition) is 1. The molecule has 0 spiro atoms. The van der Waals surface area contributed by atoms with Gasteiger partial charge in [0, 0.05) is 10.9 Å². The molecule has 3 aromatic rings. The predicted octanol–water partition coefficient (Wildman–Crippen LogP) is 3.58. The monoisotopic (exact) mass is 323 g/mol. The Morgan fingerprint density at radius 3 is 2.70 bits per heavy atom. The molecule has 1 amide bonds. The Morgan fingerprint density at radius 1 is 1.13 bits per heavy atom. The molecule has 0 aliphatic rings. The number of benzene rings is 2. The van der Waals surface area contributed by atoms with Crippen LogP contribution in [0.2, 0.25) is 5.15 Å². The van der Waals surface area contributed by atoms with Crippen molar-refractivity contribution in [3.05, 3.63) is 76.9 Å². The van der Waals surface area contributed by atoms with Gasteiger partial charge in [0.2, 0.25) is 5.91 Å². The summed E-state index contributed by atoms with van der Waals surface area (Å²) in [6.07, 6.45) is 1.78.